The number of thiophene rings is 1. The van der Waals surface area contributed by atoms with Crippen LogP contribution >= 0.6 is 22.9 Å². The van der Waals surface area contributed by atoms with Crippen molar-refractivity contribution in [2.75, 3.05) is 32.2 Å². The number of imide groups is 1. The van der Waals surface area contributed by atoms with Crippen molar-refractivity contribution in [1.29, 1.82) is 0 Å². The Bertz CT molecular complexity index is 1940. The van der Waals surface area contributed by atoms with Gasteiger partial charge in [-0.2, -0.15) is 8.42 Å². The van der Waals surface area contributed by atoms with Gasteiger partial charge in [0.15, 0.2) is 15.7 Å². The summed E-state index contributed by atoms with van der Waals surface area (Å²) in [6.07, 6.45) is 1.53. The number of quaternary nitrogens is 1. The van der Waals surface area contributed by atoms with Crippen LogP contribution in [0.4, 0.5) is 10.5 Å². The van der Waals surface area contributed by atoms with E-state index in [1.807, 2.05) is 18.2 Å². The SMILES string of the molecule is C[N+]1(Cc2ccc3c(c2)OCO3)CCC[C@H](N(C(=O)Nc2ccc(OS(=O)(=O)c3ccc(Cl)s3)cc2)C(=O)[C@@H](N)Cc2ccc(O)cc2)C1. The van der Waals surface area contributed by atoms with E-state index in [1.165, 1.54) is 53.4 Å². The molecule has 1 unspecified atom stereocenters. The molecule has 4 aromatic rings. The molecule has 3 aromatic carbocycles. The number of aromatic hydroxyl groups is 1. The molecule has 0 aliphatic carbocycles. The number of fused-ring (bicyclic) bond motifs is 1. The molecule has 4 N–H and O–H groups in total. The van der Waals surface area contributed by atoms with Crippen LogP contribution in [0.5, 0.6) is 23.0 Å². The molecule has 2 aliphatic rings. The molecule has 49 heavy (non-hydrogen) atoms. The average Bonchev–Trinajstić information content (AvgIpc) is 3.72. The minimum absolute atomic E-state index is 0.0373. The molecule has 0 radical (unpaired) electrons. The number of anilines is 1. The molecule has 258 valence electrons. The van der Waals surface area contributed by atoms with Gasteiger partial charge in [0.2, 0.25) is 12.7 Å². The van der Waals surface area contributed by atoms with Gasteiger partial charge in [0, 0.05) is 11.3 Å². The molecule has 3 atom stereocenters. The number of halogens is 1. The van der Waals surface area contributed by atoms with Gasteiger partial charge in [-0.1, -0.05) is 23.7 Å². The fraction of sp³-hybridized carbons (Fsp3) is 0.294. The van der Waals surface area contributed by atoms with E-state index in [2.05, 4.69) is 12.4 Å². The van der Waals surface area contributed by atoms with Gasteiger partial charge in [0.05, 0.1) is 30.0 Å². The average molecular weight is 728 g/mol. The summed E-state index contributed by atoms with van der Waals surface area (Å²) in [6.45, 7) is 2.17. The van der Waals surface area contributed by atoms with Crippen LogP contribution in [0.25, 0.3) is 0 Å². The van der Waals surface area contributed by atoms with Crippen molar-refractivity contribution in [2.24, 2.45) is 5.73 Å². The number of carbonyl (C=O) groups excluding carboxylic acids is 2. The smallest absolute Gasteiger partial charge is 0.348 e. The van der Waals surface area contributed by atoms with Crippen molar-refractivity contribution in [1.82, 2.24) is 4.90 Å². The third-order valence-corrected chi connectivity index (χ3v) is 11.5. The summed E-state index contributed by atoms with van der Waals surface area (Å²) in [5.41, 5.74) is 8.56. The third kappa shape index (κ3) is 8.28. The first-order chi connectivity index (χ1) is 23.4. The summed E-state index contributed by atoms with van der Waals surface area (Å²) in [6, 6.07) is 18.7. The number of rotatable bonds is 10. The lowest BCUT2D eigenvalue weighted by molar-refractivity contribution is -0.928. The quantitative estimate of drug-likeness (QED) is 0.145. The number of hydrogen-bond donors (Lipinski definition) is 3. The number of likely N-dealkylation sites (N-methyl/N-ethyl adjacent to an activating group) is 1. The van der Waals surface area contributed by atoms with Crippen LogP contribution < -0.4 is 24.7 Å². The number of amides is 3. The summed E-state index contributed by atoms with van der Waals surface area (Å²) in [7, 11) is -1.99. The topological polar surface area (TPSA) is 157 Å². The van der Waals surface area contributed by atoms with E-state index in [4.69, 9.17) is 31.0 Å². The lowest BCUT2D eigenvalue weighted by atomic mass is 9.98. The van der Waals surface area contributed by atoms with Gasteiger partial charge in [-0.05, 0) is 91.6 Å². The van der Waals surface area contributed by atoms with Gasteiger partial charge >= 0.3 is 16.1 Å². The zero-order valence-corrected chi connectivity index (χ0v) is 29.0. The third-order valence-electron chi connectivity index (χ3n) is 8.53. The molecule has 0 spiro atoms. The number of urea groups is 1. The summed E-state index contributed by atoms with van der Waals surface area (Å²) in [5, 5.41) is 12.5. The lowest BCUT2D eigenvalue weighted by Crippen LogP contribution is -2.62. The summed E-state index contributed by atoms with van der Waals surface area (Å²) in [5.74, 6) is 0.992. The van der Waals surface area contributed by atoms with Crippen LogP contribution in [0.2, 0.25) is 4.34 Å². The number of nitrogens with two attached hydrogens (primary N) is 1. The van der Waals surface area contributed by atoms with Crippen molar-refractivity contribution >= 4 is 50.7 Å². The minimum Gasteiger partial charge on any atom is -0.508 e. The lowest BCUT2D eigenvalue weighted by Gasteiger charge is -2.44. The fourth-order valence-corrected chi connectivity index (χ4v) is 8.58. The Labute approximate surface area is 293 Å². The van der Waals surface area contributed by atoms with Crippen LogP contribution in [0.1, 0.15) is 24.0 Å². The monoisotopic (exact) mass is 727 g/mol. The number of ether oxygens (including phenoxy) is 2. The van der Waals surface area contributed by atoms with Gasteiger partial charge < -0.3 is 34.3 Å². The van der Waals surface area contributed by atoms with Crippen molar-refractivity contribution in [3.8, 4) is 23.0 Å². The maximum Gasteiger partial charge on any atom is 0.348 e. The van der Waals surface area contributed by atoms with Crippen molar-refractivity contribution < 1.29 is 41.3 Å². The molecule has 1 aromatic heterocycles. The highest BCUT2D eigenvalue weighted by Crippen LogP contribution is 2.34. The second kappa shape index (κ2) is 14.3. The van der Waals surface area contributed by atoms with E-state index in [1.54, 1.807) is 12.1 Å². The first-order valence-corrected chi connectivity index (χ1v) is 18.2. The molecule has 3 amide bonds. The minimum atomic E-state index is -4.09. The Morgan fingerprint density at radius 2 is 1.78 bits per heavy atom. The fourth-order valence-electron chi connectivity index (χ4n) is 6.21. The number of hydrogen-bond acceptors (Lipinski definition) is 10. The van der Waals surface area contributed by atoms with Gasteiger partial charge in [0.25, 0.3) is 0 Å². The maximum absolute atomic E-state index is 14.0. The summed E-state index contributed by atoms with van der Waals surface area (Å²) >= 11 is 6.76. The van der Waals surface area contributed by atoms with Crippen LogP contribution in [0.3, 0.4) is 0 Å². The maximum atomic E-state index is 14.0. The first-order valence-electron chi connectivity index (χ1n) is 15.6. The number of phenols is 1. The second-order valence-corrected chi connectivity index (χ2v) is 15.9. The molecular weight excluding hydrogens is 692 g/mol. The van der Waals surface area contributed by atoms with E-state index >= 15 is 0 Å². The largest absolute Gasteiger partial charge is 0.508 e. The van der Waals surface area contributed by atoms with E-state index in [0.717, 1.165) is 35.4 Å². The van der Waals surface area contributed by atoms with Crippen molar-refractivity contribution in [3.63, 3.8) is 0 Å². The number of piperidine rings is 1. The number of nitrogens with zero attached hydrogens (tertiary/aromatic N) is 2. The Kier molecular flexibility index (Phi) is 10.0. The molecule has 3 heterocycles. The molecule has 6 rings (SSSR count). The standard InChI is InChI=1S/C34H35ClN4O8S2/c1-39(19-23-6-13-29-30(18-23)46-21-45-29)16-2-3-25(20-39)38(33(41)28(36)17-22-4-9-26(40)10-5-22)34(42)37-24-7-11-27(12-8-24)47-49(43,44)32-15-14-31(35)48-32/h4-15,18,25,28H,2-3,16-17,19-21,36H2,1H3,(H-,37,40,42)/p+1/t25-,28-,39?/m0/s1. The van der Waals surface area contributed by atoms with E-state index in [0.29, 0.717) is 45.5 Å². The summed E-state index contributed by atoms with van der Waals surface area (Å²) < 4.78 is 42.4. The predicted octanol–water partition coefficient (Wildman–Crippen LogP) is 5.34. The highest BCUT2D eigenvalue weighted by atomic mass is 35.5. The van der Waals surface area contributed by atoms with Crippen molar-refractivity contribution in [2.45, 2.75) is 42.1 Å². The number of nitrogens with one attached hydrogen (secondary N) is 1. The van der Waals surface area contributed by atoms with Crippen molar-refractivity contribution in [3.05, 3.63) is 94.3 Å². The van der Waals surface area contributed by atoms with Gasteiger partial charge in [-0.25, -0.2) is 4.79 Å². The Hall–Kier alpha value is -4.34. The summed E-state index contributed by atoms with van der Waals surface area (Å²) in [4.78, 5) is 29.3. The molecular formula is C34H36ClN4O8S2+. The van der Waals surface area contributed by atoms with Crippen LogP contribution in [-0.2, 0) is 27.9 Å². The molecule has 2 aliphatic heterocycles. The number of benzene rings is 3. The molecule has 1 fully saturated rings. The zero-order chi connectivity index (χ0) is 34.8. The van der Waals surface area contributed by atoms with E-state index in [9.17, 15) is 23.1 Å². The van der Waals surface area contributed by atoms with Crippen LogP contribution in [0, 0.1) is 0 Å². The van der Waals surface area contributed by atoms with Gasteiger partial charge in [0.1, 0.15) is 24.6 Å². The molecule has 1 saturated heterocycles. The predicted molar refractivity (Wildman–Crippen MR) is 184 cm³/mol. The number of carbonyl (C=O) groups is 2. The Morgan fingerprint density at radius 1 is 1.06 bits per heavy atom. The molecule has 15 heteroatoms. The zero-order valence-electron chi connectivity index (χ0n) is 26.6. The van der Waals surface area contributed by atoms with E-state index in [-0.39, 0.29) is 28.9 Å². The highest BCUT2D eigenvalue weighted by Gasteiger charge is 2.41. The Balaban J connectivity index is 1.20. The van der Waals surface area contributed by atoms with Crippen LogP contribution in [0.15, 0.2) is 83.1 Å². The van der Waals surface area contributed by atoms with Gasteiger partial charge in [-0.15, -0.1) is 11.3 Å². The second-order valence-electron chi connectivity index (χ2n) is 12.4. The normalized spacial score (nSPS) is 19.2. The van der Waals surface area contributed by atoms with Crippen LogP contribution in [-0.4, -0.2) is 73.9 Å². The molecule has 12 nitrogen and oxygen atoms in total. The highest BCUT2D eigenvalue weighted by molar-refractivity contribution is 7.89. The number of phenolic OH excluding ortho intramolecular Hbond substituents is 1. The molecule has 0 saturated carbocycles. The number of likely N-dealkylation sites (tertiary alicyclic amines) is 1. The van der Waals surface area contributed by atoms with Gasteiger partial charge in [-0.3, -0.25) is 9.69 Å². The Morgan fingerprint density at radius 3 is 2.49 bits per heavy atom. The first kappa shape index (κ1) is 34.5. The molecule has 0 bridgehead atoms. The van der Waals surface area contributed by atoms with E-state index < -0.39 is 34.1 Å².